The molecule has 0 saturated heterocycles. The van der Waals surface area contributed by atoms with E-state index in [2.05, 4.69) is 46.6 Å². The summed E-state index contributed by atoms with van der Waals surface area (Å²) in [6.07, 6.45) is 4.27. The Morgan fingerprint density at radius 1 is 1.23 bits per heavy atom. The molecule has 0 amide bonds. The average molecular weight is 302 g/mol. The molecule has 0 radical (unpaired) electrons. The largest absolute Gasteiger partial charge is 0.356 e. The maximum Gasteiger partial charge on any atom is 0.191 e. The van der Waals surface area contributed by atoms with Crippen LogP contribution in [-0.4, -0.2) is 34.2 Å². The minimum absolute atomic E-state index is 0.374. The fourth-order valence-electron chi connectivity index (χ4n) is 2.22. The van der Waals surface area contributed by atoms with Crippen LogP contribution in [-0.2, 0) is 6.54 Å². The topological polar surface area (TPSA) is 66.6 Å². The first-order valence-corrected chi connectivity index (χ1v) is 7.73. The zero-order valence-electron chi connectivity index (χ0n) is 13.9. The number of nitrogens with zero attached hydrogens (tertiary/aromatic N) is 4. The van der Waals surface area contributed by atoms with Crippen LogP contribution in [0.3, 0.4) is 0 Å². The highest BCUT2D eigenvalue weighted by Crippen LogP contribution is 2.19. The first kappa shape index (κ1) is 16.3. The molecule has 0 aromatic carbocycles. The fraction of sp³-hybridized carbons (Fsp3) is 0.562. The Morgan fingerprint density at radius 2 is 2.05 bits per heavy atom. The van der Waals surface area contributed by atoms with E-state index in [1.54, 1.807) is 7.05 Å². The smallest absolute Gasteiger partial charge is 0.191 e. The lowest BCUT2D eigenvalue weighted by atomic mass is 9.91. The first-order valence-electron chi connectivity index (χ1n) is 7.73. The number of nitrogens with one attached hydrogen (secondary N) is 2. The third-order valence-electron chi connectivity index (χ3n) is 3.42. The van der Waals surface area contributed by atoms with Gasteiger partial charge in [0.2, 0.25) is 0 Å². The van der Waals surface area contributed by atoms with Crippen LogP contribution in [0.1, 0.15) is 39.4 Å². The molecule has 2 heterocycles. The van der Waals surface area contributed by atoms with Crippen molar-refractivity contribution in [2.75, 3.05) is 13.6 Å². The molecule has 0 aliphatic heterocycles. The molecule has 2 aromatic heterocycles. The highest BCUT2D eigenvalue weighted by Gasteiger charge is 2.09. The van der Waals surface area contributed by atoms with Crippen molar-refractivity contribution >= 4 is 11.6 Å². The summed E-state index contributed by atoms with van der Waals surface area (Å²) in [7, 11) is 1.78. The van der Waals surface area contributed by atoms with Crippen LogP contribution >= 0.6 is 0 Å². The molecule has 2 rings (SSSR count). The predicted molar refractivity (Wildman–Crippen MR) is 89.9 cm³/mol. The summed E-state index contributed by atoms with van der Waals surface area (Å²) >= 11 is 0. The van der Waals surface area contributed by atoms with Crippen molar-refractivity contribution in [1.29, 1.82) is 0 Å². The second kappa shape index (κ2) is 7.24. The van der Waals surface area contributed by atoms with Crippen molar-refractivity contribution < 1.29 is 0 Å². The van der Waals surface area contributed by atoms with Gasteiger partial charge in [-0.3, -0.25) is 9.39 Å². The summed E-state index contributed by atoms with van der Waals surface area (Å²) in [5.41, 5.74) is 1.23. The Balaban J connectivity index is 1.81. The van der Waals surface area contributed by atoms with Gasteiger partial charge in [-0.15, -0.1) is 10.2 Å². The molecule has 0 aliphatic carbocycles. The summed E-state index contributed by atoms with van der Waals surface area (Å²) in [4.78, 5) is 4.24. The Morgan fingerprint density at radius 3 is 2.77 bits per heavy atom. The van der Waals surface area contributed by atoms with Crippen LogP contribution < -0.4 is 10.6 Å². The highest BCUT2D eigenvalue weighted by molar-refractivity contribution is 5.79. The second-order valence-electron chi connectivity index (χ2n) is 6.56. The number of aromatic nitrogens is 3. The maximum absolute atomic E-state index is 4.24. The minimum atomic E-state index is 0.374. The Labute approximate surface area is 132 Å². The molecule has 2 N–H and O–H groups in total. The number of fused-ring (bicyclic) bond motifs is 1. The molecule has 120 valence electrons. The minimum Gasteiger partial charge on any atom is -0.356 e. The van der Waals surface area contributed by atoms with E-state index in [1.165, 1.54) is 6.42 Å². The normalized spacial score (nSPS) is 12.6. The molecule has 0 atom stereocenters. The summed E-state index contributed by atoms with van der Waals surface area (Å²) in [6.45, 7) is 8.28. The number of aliphatic imine (C=N–C) groups is 1. The number of hydrogen-bond acceptors (Lipinski definition) is 3. The van der Waals surface area contributed by atoms with Crippen LogP contribution in [0.2, 0.25) is 0 Å². The Kier molecular flexibility index (Phi) is 5.35. The molecule has 6 heteroatoms. The van der Waals surface area contributed by atoms with E-state index in [-0.39, 0.29) is 0 Å². The number of rotatable bonds is 5. The van der Waals surface area contributed by atoms with Crippen molar-refractivity contribution in [2.45, 2.75) is 40.2 Å². The van der Waals surface area contributed by atoms with Gasteiger partial charge in [-0.25, -0.2) is 0 Å². The summed E-state index contributed by atoms with van der Waals surface area (Å²) in [6, 6.07) is 5.87. The number of pyridine rings is 1. The second-order valence-corrected chi connectivity index (χ2v) is 6.56. The zero-order chi connectivity index (χ0) is 16.0. The quantitative estimate of drug-likeness (QED) is 0.505. The van der Waals surface area contributed by atoms with Gasteiger partial charge in [0.05, 0.1) is 6.54 Å². The van der Waals surface area contributed by atoms with Crippen molar-refractivity contribution in [2.24, 2.45) is 10.4 Å². The van der Waals surface area contributed by atoms with E-state index >= 15 is 0 Å². The van der Waals surface area contributed by atoms with Crippen LogP contribution in [0.4, 0.5) is 0 Å². The molecule has 2 aromatic rings. The van der Waals surface area contributed by atoms with Gasteiger partial charge in [0.15, 0.2) is 17.4 Å². The van der Waals surface area contributed by atoms with Crippen LogP contribution in [0.5, 0.6) is 0 Å². The third kappa shape index (κ3) is 4.72. The third-order valence-corrected chi connectivity index (χ3v) is 3.42. The lowest BCUT2D eigenvalue weighted by Crippen LogP contribution is -2.37. The average Bonchev–Trinajstić information content (AvgIpc) is 2.89. The fourth-order valence-corrected chi connectivity index (χ4v) is 2.22. The lowest BCUT2D eigenvalue weighted by Gasteiger charge is -2.18. The van der Waals surface area contributed by atoms with Gasteiger partial charge in [-0.05, 0) is 30.4 Å². The molecule has 0 spiro atoms. The standard InChI is InChI=1S/C16H26N6/c1-16(2,3)9-7-10-18-15(17-4)19-12-14-21-20-13-8-5-6-11-22(13)14/h5-6,8,11H,7,9-10,12H2,1-4H3,(H2,17,18,19). The molecular weight excluding hydrogens is 276 g/mol. The van der Waals surface area contributed by atoms with Crippen molar-refractivity contribution in [3.63, 3.8) is 0 Å². The van der Waals surface area contributed by atoms with Gasteiger partial charge in [0.1, 0.15) is 0 Å². The molecule has 22 heavy (non-hydrogen) atoms. The van der Waals surface area contributed by atoms with E-state index in [0.717, 1.165) is 30.4 Å². The molecule has 0 aliphatic rings. The van der Waals surface area contributed by atoms with Gasteiger partial charge < -0.3 is 10.6 Å². The van der Waals surface area contributed by atoms with Crippen LogP contribution in [0, 0.1) is 5.41 Å². The maximum atomic E-state index is 4.24. The van der Waals surface area contributed by atoms with Gasteiger partial charge in [-0.2, -0.15) is 0 Å². The first-order chi connectivity index (χ1) is 10.5. The van der Waals surface area contributed by atoms with Crippen molar-refractivity contribution in [3.8, 4) is 0 Å². The molecule has 6 nitrogen and oxygen atoms in total. The number of hydrogen-bond donors (Lipinski definition) is 2. The lowest BCUT2D eigenvalue weighted by molar-refractivity contribution is 0.365. The molecular formula is C16H26N6. The number of guanidine groups is 1. The predicted octanol–water partition coefficient (Wildman–Crippen LogP) is 2.22. The summed E-state index contributed by atoms with van der Waals surface area (Å²) < 4.78 is 1.97. The molecule has 0 saturated carbocycles. The molecule has 0 bridgehead atoms. The van der Waals surface area contributed by atoms with E-state index < -0.39 is 0 Å². The van der Waals surface area contributed by atoms with E-state index in [1.807, 2.05) is 28.8 Å². The van der Waals surface area contributed by atoms with Gasteiger partial charge in [0.25, 0.3) is 0 Å². The van der Waals surface area contributed by atoms with Crippen molar-refractivity contribution in [3.05, 3.63) is 30.2 Å². The van der Waals surface area contributed by atoms with Crippen LogP contribution in [0.15, 0.2) is 29.4 Å². The monoisotopic (exact) mass is 302 g/mol. The summed E-state index contributed by atoms with van der Waals surface area (Å²) in [5.74, 6) is 1.66. The van der Waals surface area contributed by atoms with Gasteiger partial charge >= 0.3 is 0 Å². The SMILES string of the molecule is CN=C(NCCCC(C)(C)C)NCc1nnc2ccccn12. The molecule has 0 fully saturated rings. The van der Waals surface area contributed by atoms with E-state index in [9.17, 15) is 0 Å². The Hall–Kier alpha value is -2.11. The molecule has 0 unspecified atom stereocenters. The highest BCUT2D eigenvalue weighted by atomic mass is 15.3. The van der Waals surface area contributed by atoms with Gasteiger partial charge in [0, 0.05) is 19.8 Å². The van der Waals surface area contributed by atoms with E-state index in [4.69, 9.17) is 0 Å². The van der Waals surface area contributed by atoms with Crippen LogP contribution in [0.25, 0.3) is 5.65 Å². The Bertz CT molecular complexity index is 623. The van der Waals surface area contributed by atoms with E-state index in [0.29, 0.717) is 12.0 Å². The summed E-state index contributed by atoms with van der Waals surface area (Å²) in [5, 5.41) is 14.9. The van der Waals surface area contributed by atoms with Crippen molar-refractivity contribution in [1.82, 2.24) is 25.2 Å². The zero-order valence-corrected chi connectivity index (χ0v) is 13.9. The van der Waals surface area contributed by atoms with Gasteiger partial charge in [-0.1, -0.05) is 26.8 Å².